The molecule has 1 aliphatic heterocycles. The van der Waals surface area contributed by atoms with E-state index in [0.29, 0.717) is 17.9 Å². The SMILES string of the molecule is CCCCCCOc1cccc2c1C(=O)OC2=O. The second kappa shape index (κ2) is 5.67. The predicted molar refractivity (Wildman–Crippen MR) is 65.8 cm³/mol. The van der Waals surface area contributed by atoms with Crippen molar-refractivity contribution in [3.8, 4) is 5.75 Å². The average Bonchev–Trinajstić information content (AvgIpc) is 2.66. The van der Waals surface area contributed by atoms with Gasteiger partial charge in [0.2, 0.25) is 0 Å². The summed E-state index contributed by atoms with van der Waals surface area (Å²) in [7, 11) is 0. The summed E-state index contributed by atoms with van der Waals surface area (Å²) in [4.78, 5) is 22.9. The van der Waals surface area contributed by atoms with Crippen molar-refractivity contribution in [3.63, 3.8) is 0 Å². The van der Waals surface area contributed by atoms with Crippen molar-refractivity contribution in [1.82, 2.24) is 0 Å². The Labute approximate surface area is 106 Å². The summed E-state index contributed by atoms with van der Waals surface area (Å²) in [5.41, 5.74) is 0.559. The van der Waals surface area contributed by atoms with Gasteiger partial charge in [0, 0.05) is 0 Å². The van der Waals surface area contributed by atoms with Crippen molar-refractivity contribution in [1.29, 1.82) is 0 Å². The van der Waals surface area contributed by atoms with Crippen molar-refractivity contribution in [3.05, 3.63) is 29.3 Å². The maximum atomic E-state index is 11.5. The topological polar surface area (TPSA) is 52.6 Å². The summed E-state index contributed by atoms with van der Waals surface area (Å²) in [5, 5.41) is 0. The molecule has 4 nitrogen and oxygen atoms in total. The highest BCUT2D eigenvalue weighted by Crippen LogP contribution is 2.29. The van der Waals surface area contributed by atoms with Gasteiger partial charge in [-0.3, -0.25) is 0 Å². The van der Waals surface area contributed by atoms with E-state index >= 15 is 0 Å². The van der Waals surface area contributed by atoms with Crippen LogP contribution < -0.4 is 4.74 Å². The standard InChI is InChI=1S/C14H16O4/c1-2-3-4-5-9-17-11-8-6-7-10-12(11)14(16)18-13(10)15/h6-8H,2-5,9H2,1H3. The average molecular weight is 248 g/mol. The Hall–Kier alpha value is -1.84. The van der Waals surface area contributed by atoms with Crippen LogP contribution in [0.25, 0.3) is 0 Å². The molecule has 0 aromatic heterocycles. The van der Waals surface area contributed by atoms with Crippen LogP contribution in [0.1, 0.15) is 53.3 Å². The number of hydrogen-bond acceptors (Lipinski definition) is 4. The van der Waals surface area contributed by atoms with E-state index < -0.39 is 11.9 Å². The van der Waals surface area contributed by atoms with Gasteiger partial charge in [-0.15, -0.1) is 0 Å². The fourth-order valence-corrected chi connectivity index (χ4v) is 1.93. The lowest BCUT2D eigenvalue weighted by Crippen LogP contribution is -2.03. The zero-order valence-electron chi connectivity index (χ0n) is 10.4. The van der Waals surface area contributed by atoms with Crippen LogP contribution in [0.4, 0.5) is 0 Å². The van der Waals surface area contributed by atoms with Crippen LogP contribution in [0.15, 0.2) is 18.2 Å². The molecule has 0 aliphatic carbocycles. The molecule has 0 fully saturated rings. The Balaban J connectivity index is 2.02. The second-order valence-electron chi connectivity index (χ2n) is 4.26. The van der Waals surface area contributed by atoms with E-state index in [-0.39, 0.29) is 5.56 Å². The molecule has 0 saturated heterocycles. The van der Waals surface area contributed by atoms with Crippen molar-refractivity contribution in [2.75, 3.05) is 6.61 Å². The lowest BCUT2D eigenvalue weighted by atomic mass is 10.1. The highest BCUT2D eigenvalue weighted by atomic mass is 16.6. The number of unbranched alkanes of at least 4 members (excludes halogenated alkanes) is 3. The monoisotopic (exact) mass is 248 g/mol. The molecule has 96 valence electrons. The first-order valence-electron chi connectivity index (χ1n) is 6.26. The molecule has 0 bridgehead atoms. The summed E-state index contributed by atoms with van der Waals surface area (Å²) in [6.07, 6.45) is 4.40. The van der Waals surface area contributed by atoms with Gasteiger partial charge in [0.1, 0.15) is 11.3 Å². The number of hydrogen-bond donors (Lipinski definition) is 0. The van der Waals surface area contributed by atoms with Gasteiger partial charge in [0.05, 0.1) is 12.2 Å². The third-order valence-electron chi connectivity index (χ3n) is 2.89. The Morgan fingerprint density at radius 3 is 2.72 bits per heavy atom. The summed E-state index contributed by atoms with van der Waals surface area (Å²) >= 11 is 0. The van der Waals surface area contributed by atoms with Gasteiger partial charge in [-0.05, 0) is 18.6 Å². The maximum absolute atomic E-state index is 11.5. The van der Waals surface area contributed by atoms with E-state index in [1.165, 1.54) is 12.8 Å². The number of rotatable bonds is 6. The van der Waals surface area contributed by atoms with Gasteiger partial charge in [-0.1, -0.05) is 32.3 Å². The van der Waals surface area contributed by atoms with Gasteiger partial charge < -0.3 is 9.47 Å². The van der Waals surface area contributed by atoms with Crippen molar-refractivity contribution in [2.24, 2.45) is 0 Å². The number of carbonyl (C=O) groups excluding carboxylic acids is 2. The van der Waals surface area contributed by atoms with Gasteiger partial charge in [-0.25, -0.2) is 9.59 Å². The van der Waals surface area contributed by atoms with E-state index in [9.17, 15) is 9.59 Å². The van der Waals surface area contributed by atoms with Crippen LogP contribution in [0.3, 0.4) is 0 Å². The Kier molecular flexibility index (Phi) is 3.97. The maximum Gasteiger partial charge on any atom is 0.350 e. The fourth-order valence-electron chi connectivity index (χ4n) is 1.93. The van der Waals surface area contributed by atoms with E-state index in [1.807, 2.05) is 0 Å². The summed E-state index contributed by atoms with van der Waals surface area (Å²) in [6, 6.07) is 4.96. The lowest BCUT2D eigenvalue weighted by molar-refractivity contribution is 0.0442. The highest BCUT2D eigenvalue weighted by molar-refractivity contribution is 6.16. The molecule has 2 rings (SSSR count). The van der Waals surface area contributed by atoms with Crippen LogP contribution in [0, 0.1) is 0 Å². The molecule has 0 atom stereocenters. The van der Waals surface area contributed by atoms with Crippen LogP contribution in [0.2, 0.25) is 0 Å². The zero-order valence-corrected chi connectivity index (χ0v) is 10.4. The minimum atomic E-state index is -0.612. The molecule has 18 heavy (non-hydrogen) atoms. The molecular formula is C14H16O4. The van der Waals surface area contributed by atoms with E-state index in [1.54, 1.807) is 18.2 Å². The quantitative estimate of drug-likeness (QED) is 0.441. The molecule has 0 saturated carbocycles. The van der Waals surface area contributed by atoms with Crippen LogP contribution in [0.5, 0.6) is 5.75 Å². The van der Waals surface area contributed by atoms with Crippen LogP contribution in [-0.4, -0.2) is 18.5 Å². The Morgan fingerprint density at radius 2 is 1.94 bits per heavy atom. The van der Waals surface area contributed by atoms with Crippen LogP contribution in [-0.2, 0) is 4.74 Å². The first-order valence-corrected chi connectivity index (χ1v) is 6.26. The molecule has 1 aromatic rings. The zero-order chi connectivity index (χ0) is 13.0. The van der Waals surface area contributed by atoms with E-state index in [4.69, 9.17) is 4.74 Å². The van der Waals surface area contributed by atoms with Gasteiger partial charge >= 0.3 is 11.9 Å². The molecule has 0 radical (unpaired) electrons. The largest absolute Gasteiger partial charge is 0.493 e. The number of cyclic esters (lactones) is 2. The van der Waals surface area contributed by atoms with Gasteiger partial charge in [-0.2, -0.15) is 0 Å². The molecule has 0 spiro atoms. The van der Waals surface area contributed by atoms with Crippen molar-refractivity contribution >= 4 is 11.9 Å². The third kappa shape index (κ3) is 2.53. The second-order valence-corrected chi connectivity index (χ2v) is 4.26. The molecule has 0 N–H and O–H groups in total. The Bertz CT molecular complexity index is 465. The molecule has 1 aromatic carbocycles. The molecular weight excluding hydrogens is 232 g/mol. The molecule has 0 unspecified atom stereocenters. The number of fused-ring (bicyclic) bond motifs is 1. The number of carbonyl (C=O) groups is 2. The fraction of sp³-hybridized carbons (Fsp3) is 0.429. The Morgan fingerprint density at radius 1 is 1.11 bits per heavy atom. The first-order chi connectivity index (χ1) is 8.74. The first kappa shape index (κ1) is 12.6. The minimum Gasteiger partial charge on any atom is -0.493 e. The highest BCUT2D eigenvalue weighted by Gasteiger charge is 2.32. The number of ether oxygens (including phenoxy) is 2. The number of benzene rings is 1. The number of esters is 2. The van der Waals surface area contributed by atoms with Crippen molar-refractivity contribution in [2.45, 2.75) is 32.6 Å². The summed E-state index contributed by atoms with van der Waals surface area (Å²) in [6.45, 7) is 2.70. The van der Waals surface area contributed by atoms with Gasteiger partial charge in [0.15, 0.2) is 0 Å². The van der Waals surface area contributed by atoms with E-state index in [0.717, 1.165) is 12.8 Å². The van der Waals surface area contributed by atoms with Gasteiger partial charge in [0.25, 0.3) is 0 Å². The molecule has 4 heteroatoms. The minimum absolute atomic E-state index is 0.262. The smallest absolute Gasteiger partial charge is 0.350 e. The summed E-state index contributed by atoms with van der Waals surface area (Å²) in [5.74, 6) is -0.759. The lowest BCUT2D eigenvalue weighted by Gasteiger charge is -2.07. The predicted octanol–water partition coefficient (Wildman–Crippen LogP) is 2.96. The summed E-state index contributed by atoms with van der Waals surface area (Å²) < 4.78 is 10.1. The normalized spacial score (nSPS) is 13.4. The molecule has 0 amide bonds. The van der Waals surface area contributed by atoms with Crippen LogP contribution >= 0.6 is 0 Å². The third-order valence-corrected chi connectivity index (χ3v) is 2.89. The molecule has 1 heterocycles. The van der Waals surface area contributed by atoms with E-state index in [2.05, 4.69) is 11.7 Å². The van der Waals surface area contributed by atoms with Crippen molar-refractivity contribution < 1.29 is 19.1 Å². The molecule has 1 aliphatic rings.